The van der Waals surface area contributed by atoms with Gasteiger partial charge in [-0.1, -0.05) is 61.5 Å². The van der Waals surface area contributed by atoms with E-state index in [2.05, 4.69) is 36.1 Å². The number of ether oxygens (including phenoxy) is 1. The van der Waals surface area contributed by atoms with Gasteiger partial charge in [0.25, 0.3) is 5.91 Å². The van der Waals surface area contributed by atoms with Gasteiger partial charge in [-0.3, -0.25) is 9.69 Å². The van der Waals surface area contributed by atoms with Crippen LogP contribution in [-0.2, 0) is 22.5 Å². The Hall–Kier alpha value is -3.48. The summed E-state index contributed by atoms with van der Waals surface area (Å²) < 4.78 is 20.8. The molecule has 2 aliphatic heterocycles. The molecule has 0 radical (unpaired) electrons. The van der Waals surface area contributed by atoms with Gasteiger partial charge in [-0.05, 0) is 79.2 Å². The first kappa shape index (κ1) is 28.1. The Morgan fingerprint density at radius 2 is 1.65 bits per heavy atom. The summed E-state index contributed by atoms with van der Waals surface area (Å²) in [4.78, 5) is 19.8. The lowest BCUT2D eigenvalue weighted by Gasteiger charge is -2.35. The molecule has 40 heavy (non-hydrogen) atoms. The number of aryl methyl sites for hydroxylation is 1. The molecule has 0 aliphatic carbocycles. The quantitative estimate of drug-likeness (QED) is 0.303. The molecular weight excluding hydrogens is 501 g/mol. The van der Waals surface area contributed by atoms with Gasteiger partial charge in [-0.25, -0.2) is 4.39 Å². The van der Waals surface area contributed by atoms with Crippen LogP contribution in [0.25, 0.3) is 6.08 Å². The van der Waals surface area contributed by atoms with Crippen LogP contribution in [0.15, 0.2) is 78.9 Å². The third-order valence-corrected chi connectivity index (χ3v) is 8.06. The Bertz CT molecular complexity index is 1260. The predicted octanol–water partition coefficient (Wildman–Crippen LogP) is 6.18. The molecule has 0 N–H and O–H groups in total. The molecule has 0 aromatic heterocycles. The Kier molecular flexibility index (Phi) is 9.63. The third-order valence-electron chi connectivity index (χ3n) is 8.06. The number of benzene rings is 3. The van der Waals surface area contributed by atoms with Crippen molar-refractivity contribution in [3.05, 3.63) is 101 Å². The van der Waals surface area contributed by atoms with Crippen LogP contribution >= 0.6 is 0 Å². The van der Waals surface area contributed by atoms with Crippen molar-refractivity contribution in [1.29, 1.82) is 0 Å². The van der Waals surface area contributed by atoms with E-state index >= 15 is 4.39 Å². The lowest BCUT2D eigenvalue weighted by molar-refractivity contribution is -0.114. The summed E-state index contributed by atoms with van der Waals surface area (Å²) in [7, 11) is 0. The zero-order valence-electron chi connectivity index (χ0n) is 23.5. The van der Waals surface area contributed by atoms with Crippen molar-refractivity contribution >= 4 is 23.4 Å². The molecule has 0 saturated carbocycles. The number of carbonyl (C=O) groups is 1. The van der Waals surface area contributed by atoms with Gasteiger partial charge < -0.3 is 14.5 Å². The van der Waals surface area contributed by atoms with Crippen molar-refractivity contribution < 1.29 is 13.9 Å². The molecule has 0 unspecified atom stereocenters. The second-order valence-corrected chi connectivity index (χ2v) is 10.8. The van der Waals surface area contributed by atoms with E-state index in [1.807, 2.05) is 53.4 Å². The highest BCUT2D eigenvalue weighted by Gasteiger charge is 2.25. The van der Waals surface area contributed by atoms with Crippen molar-refractivity contribution in [3.8, 4) is 0 Å². The third kappa shape index (κ3) is 7.38. The lowest BCUT2D eigenvalue weighted by Crippen LogP contribution is -2.40. The van der Waals surface area contributed by atoms with Gasteiger partial charge in [-0.15, -0.1) is 0 Å². The van der Waals surface area contributed by atoms with Crippen molar-refractivity contribution in [2.24, 2.45) is 5.92 Å². The zero-order chi connectivity index (χ0) is 27.7. The van der Waals surface area contributed by atoms with E-state index in [9.17, 15) is 4.79 Å². The summed E-state index contributed by atoms with van der Waals surface area (Å²) >= 11 is 0. The highest BCUT2D eigenvalue weighted by molar-refractivity contribution is 6.04. The Morgan fingerprint density at radius 1 is 0.950 bits per heavy atom. The topological polar surface area (TPSA) is 36.0 Å². The maximum atomic E-state index is 15.3. The van der Waals surface area contributed by atoms with Gasteiger partial charge in [0.1, 0.15) is 5.82 Å². The fourth-order valence-corrected chi connectivity index (χ4v) is 5.59. The monoisotopic (exact) mass is 541 g/mol. The van der Waals surface area contributed by atoms with Crippen LogP contribution in [0.1, 0.15) is 36.5 Å². The van der Waals surface area contributed by atoms with Gasteiger partial charge in [0.05, 0.1) is 18.9 Å². The minimum atomic E-state index is -0.298. The smallest absolute Gasteiger partial charge is 0.250 e. The lowest BCUT2D eigenvalue weighted by atomic mass is 9.95. The number of halogens is 1. The van der Waals surface area contributed by atoms with E-state index in [0.29, 0.717) is 50.1 Å². The van der Waals surface area contributed by atoms with Crippen LogP contribution in [0.4, 0.5) is 15.8 Å². The molecule has 210 valence electrons. The molecule has 0 bridgehead atoms. The fraction of sp³-hybridized carbons (Fsp3) is 0.382. The Balaban J connectivity index is 1.27. The second kappa shape index (κ2) is 13.7. The summed E-state index contributed by atoms with van der Waals surface area (Å²) in [6.07, 6.45) is 6.51. The molecule has 0 spiro atoms. The maximum Gasteiger partial charge on any atom is 0.250 e. The van der Waals surface area contributed by atoms with Crippen LogP contribution in [0.5, 0.6) is 0 Å². The van der Waals surface area contributed by atoms with Gasteiger partial charge >= 0.3 is 0 Å². The molecule has 2 saturated heterocycles. The van der Waals surface area contributed by atoms with Crippen LogP contribution in [-0.4, -0.2) is 56.7 Å². The summed E-state index contributed by atoms with van der Waals surface area (Å²) in [5, 5.41) is 0. The summed E-state index contributed by atoms with van der Waals surface area (Å²) in [5.41, 5.74) is 4.84. The first-order valence-electron chi connectivity index (χ1n) is 14.6. The van der Waals surface area contributed by atoms with Crippen molar-refractivity contribution in [2.75, 3.05) is 55.7 Å². The number of anilines is 2. The average molecular weight is 542 g/mol. The Labute approximate surface area is 237 Å². The first-order chi connectivity index (χ1) is 19.6. The molecular formula is C34H40FN3O2. The van der Waals surface area contributed by atoms with Gasteiger partial charge in [0, 0.05) is 37.9 Å². The number of amides is 1. The SMILES string of the molecule is CCc1ccc(CN2CCC(CN(C(=O)C=Cc3ccccc3)c3ccc(N4CCOCC4)c(F)c3)CC2)cc1. The molecule has 2 aliphatic rings. The van der Waals surface area contributed by atoms with Crippen molar-refractivity contribution in [3.63, 3.8) is 0 Å². The minimum Gasteiger partial charge on any atom is -0.378 e. The van der Waals surface area contributed by atoms with E-state index in [0.717, 1.165) is 44.5 Å². The number of hydrogen-bond donors (Lipinski definition) is 0. The summed E-state index contributed by atoms with van der Waals surface area (Å²) in [6.45, 7) is 8.22. The van der Waals surface area contributed by atoms with E-state index in [1.54, 1.807) is 11.0 Å². The number of rotatable bonds is 9. The summed E-state index contributed by atoms with van der Waals surface area (Å²) in [5.74, 6) is -0.0660. The molecule has 2 heterocycles. The van der Waals surface area contributed by atoms with Gasteiger partial charge in [-0.2, -0.15) is 0 Å². The number of hydrogen-bond acceptors (Lipinski definition) is 4. The van der Waals surface area contributed by atoms with Crippen LogP contribution < -0.4 is 9.80 Å². The first-order valence-corrected chi connectivity index (χ1v) is 14.6. The molecule has 6 heteroatoms. The maximum absolute atomic E-state index is 15.3. The number of morpholine rings is 1. The van der Waals surface area contributed by atoms with Crippen molar-refractivity contribution in [2.45, 2.75) is 32.7 Å². The second-order valence-electron chi connectivity index (χ2n) is 10.8. The molecule has 0 atom stereocenters. The normalized spacial score (nSPS) is 16.9. The standard InChI is InChI=1S/C34H40FN3O2/c1-2-27-8-10-29(11-9-27)25-36-18-16-30(17-19-36)26-38(34(39)15-12-28-6-4-3-5-7-28)31-13-14-33(32(35)24-31)37-20-22-40-23-21-37/h3-15,24,30H,2,16-23,25-26H2,1H3. The Morgan fingerprint density at radius 3 is 2.33 bits per heavy atom. The largest absolute Gasteiger partial charge is 0.378 e. The van der Waals surface area contributed by atoms with Crippen molar-refractivity contribution in [1.82, 2.24) is 4.90 Å². The number of carbonyl (C=O) groups excluding carboxylic acids is 1. The molecule has 3 aromatic rings. The highest BCUT2D eigenvalue weighted by atomic mass is 19.1. The predicted molar refractivity (Wildman–Crippen MR) is 161 cm³/mol. The van der Waals surface area contributed by atoms with Gasteiger partial charge in [0.15, 0.2) is 0 Å². The van der Waals surface area contributed by atoms with Crippen LogP contribution in [0.2, 0.25) is 0 Å². The van der Waals surface area contributed by atoms with E-state index in [-0.39, 0.29) is 11.7 Å². The molecule has 3 aromatic carbocycles. The molecule has 1 amide bonds. The molecule has 2 fully saturated rings. The van der Waals surface area contributed by atoms with E-state index in [4.69, 9.17) is 4.74 Å². The number of piperidine rings is 1. The average Bonchev–Trinajstić information content (AvgIpc) is 3.01. The fourth-order valence-electron chi connectivity index (χ4n) is 5.59. The minimum absolute atomic E-state index is 0.124. The molecule has 5 nitrogen and oxygen atoms in total. The molecule has 5 rings (SSSR count). The number of likely N-dealkylation sites (tertiary alicyclic amines) is 1. The highest BCUT2D eigenvalue weighted by Crippen LogP contribution is 2.29. The van der Waals surface area contributed by atoms with E-state index < -0.39 is 0 Å². The van der Waals surface area contributed by atoms with E-state index in [1.165, 1.54) is 17.2 Å². The zero-order valence-corrected chi connectivity index (χ0v) is 23.5. The number of nitrogens with zero attached hydrogens (tertiary/aromatic N) is 3. The van der Waals surface area contributed by atoms with Crippen LogP contribution in [0.3, 0.4) is 0 Å². The summed E-state index contributed by atoms with van der Waals surface area (Å²) in [6, 6.07) is 23.9. The van der Waals surface area contributed by atoms with Gasteiger partial charge in [0.2, 0.25) is 0 Å². The van der Waals surface area contributed by atoms with Crippen LogP contribution in [0, 0.1) is 11.7 Å².